The maximum Gasteiger partial charge on any atom is 0.208 e. The van der Waals surface area contributed by atoms with Crippen molar-refractivity contribution in [1.82, 2.24) is 9.55 Å². The third-order valence-corrected chi connectivity index (χ3v) is 6.44. The van der Waals surface area contributed by atoms with Crippen LogP contribution in [0.2, 0.25) is 10.0 Å². The summed E-state index contributed by atoms with van der Waals surface area (Å²) in [6.45, 7) is 6.51. The summed E-state index contributed by atoms with van der Waals surface area (Å²) in [5.74, 6) is 1.28. The number of imidazole rings is 1. The van der Waals surface area contributed by atoms with Gasteiger partial charge >= 0.3 is 0 Å². The van der Waals surface area contributed by atoms with Gasteiger partial charge in [0.1, 0.15) is 5.52 Å². The molecule has 1 aromatic heterocycles. The molecule has 0 radical (unpaired) electrons. The van der Waals surface area contributed by atoms with Crippen LogP contribution in [0.5, 0.6) is 0 Å². The van der Waals surface area contributed by atoms with Gasteiger partial charge in [-0.05, 0) is 61.3 Å². The highest BCUT2D eigenvalue weighted by Gasteiger charge is 2.20. The van der Waals surface area contributed by atoms with Crippen molar-refractivity contribution in [2.45, 2.75) is 44.4 Å². The molecule has 0 aliphatic heterocycles. The van der Waals surface area contributed by atoms with E-state index in [2.05, 4.69) is 36.7 Å². The van der Waals surface area contributed by atoms with Gasteiger partial charge in [0.25, 0.3) is 0 Å². The lowest BCUT2D eigenvalue weighted by atomic mass is 9.93. The van der Waals surface area contributed by atoms with Gasteiger partial charge in [-0.2, -0.15) is 0 Å². The van der Waals surface area contributed by atoms with E-state index in [0.29, 0.717) is 10.9 Å². The van der Waals surface area contributed by atoms with Gasteiger partial charge in [0.2, 0.25) is 5.95 Å². The number of hydrogen-bond acceptors (Lipinski definition) is 3. The molecule has 27 heavy (non-hydrogen) atoms. The maximum atomic E-state index is 6.49. The minimum absolute atomic E-state index is 0.493. The van der Waals surface area contributed by atoms with Crippen LogP contribution in [-0.4, -0.2) is 15.8 Å². The number of aryl methyl sites for hydroxylation is 2. The largest absolute Gasteiger partial charge is 0.324 e. The molecule has 0 spiro atoms. The fraction of sp³-hybridized carbons (Fsp3) is 0.381. The maximum absolute atomic E-state index is 6.49. The lowest BCUT2D eigenvalue weighted by Crippen LogP contribution is -2.04. The standard InChI is InChI=1S/C21H25Cl2N3S/c1-6-13(7-2)15-8-9-16(23)19-20(15)26(4)21(25-19)24-18-12(3)10-14(22)11-17(18)27-5/h8-11,13H,6-7H2,1-5H3,(H,24,25). The van der Waals surface area contributed by atoms with Crippen molar-refractivity contribution in [1.29, 1.82) is 0 Å². The van der Waals surface area contributed by atoms with Crippen LogP contribution in [0.25, 0.3) is 11.0 Å². The van der Waals surface area contributed by atoms with Gasteiger partial charge in [-0.3, -0.25) is 0 Å². The molecule has 0 saturated carbocycles. The van der Waals surface area contributed by atoms with Gasteiger partial charge in [-0.25, -0.2) is 4.98 Å². The molecule has 144 valence electrons. The zero-order valence-corrected chi connectivity index (χ0v) is 18.7. The molecule has 0 unspecified atom stereocenters. The normalized spacial score (nSPS) is 11.6. The minimum atomic E-state index is 0.493. The molecule has 3 nitrogen and oxygen atoms in total. The first-order chi connectivity index (χ1) is 12.9. The van der Waals surface area contributed by atoms with E-state index in [1.807, 2.05) is 31.5 Å². The third kappa shape index (κ3) is 3.80. The predicted molar refractivity (Wildman–Crippen MR) is 120 cm³/mol. The number of nitrogens with zero attached hydrogens (tertiary/aromatic N) is 2. The summed E-state index contributed by atoms with van der Waals surface area (Å²) in [6.07, 6.45) is 4.23. The van der Waals surface area contributed by atoms with Crippen molar-refractivity contribution in [3.63, 3.8) is 0 Å². The lowest BCUT2D eigenvalue weighted by molar-refractivity contribution is 0.643. The van der Waals surface area contributed by atoms with Crippen molar-refractivity contribution in [2.75, 3.05) is 11.6 Å². The summed E-state index contributed by atoms with van der Waals surface area (Å²) >= 11 is 14.4. The molecule has 0 fully saturated rings. The van der Waals surface area contributed by atoms with Crippen molar-refractivity contribution in [3.05, 3.63) is 45.4 Å². The second-order valence-corrected chi connectivity index (χ2v) is 8.46. The molecule has 0 aliphatic carbocycles. The fourth-order valence-electron chi connectivity index (χ4n) is 3.63. The van der Waals surface area contributed by atoms with Crippen molar-refractivity contribution < 1.29 is 0 Å². The van der Waals surface area contributed by atoms with Crippen molar-refractivity contribution in [3.8, 4) is 0 Å². The monoisotopic (exact) mass is 421 g/mol. The van der Waals surface area contributed by atoms with Gasteiger partial charge in [0, 0.05) is 17.0 Å². The van der Waals surface area contributed by atoms with Crippen LogP contribution in [0.1, 0.15) is 43.7 Å². The Hall–Kier alpha value is -1.36. The Morgan fingerprint density at radius 1 is 1.19 bits per heavy atom. The Kier molecular flexibility index (Phi) is 6.29. The number of halogens is 2. The number of aromatic nitrogens is 2. The molecule has 0 saturated heterocycles. The number of fused-ring (bicyclic) bond motifs is 1. The van der Waals surface area contributed by atoms with E-state index in [-0.39, 0.29) is 0 Å². The number of thioether (sulfide) groups is 1. The highest BCUT2D eigenvalue weighted by molar-refractivity contribution is 7.98. The summed E-state index contributed by atoms with van der Waals surface area (Å²) in [7, 11) is 2.05. The van der Waals surface area contributed by atoms with Gasteiger partial charge in [0.05, 0.1) is 16.2 Å². The zero-order chi connectivity index (χ0) is 19.7. The molecule has 0 bridgehead atoms. The van der Waals surface area contributed by atoms with Crippen molar-refractivity contribution in [2.24, 2.45) is 7.05 Å². The van der Waals surface area contributed by atoms with E-state index in [1.165, 1.54) is 5.56 Å². The Balaban J connectivity index is 2.16. The molecule has 6 heteroatoms. The van der Waals surface area contributed by atoms with Crippen LogP contribution in [0.3, 0.4) is 0 Å². The lowest BCUT2D eigenvalue weighted by Gasteiger charge is -2.16. The van der Waals surface area contributed by atoms with Crippen LogP contribution in [0.15, 0.2) is 29.2 Å². The van der Waals surface area contributed by atoms with Gasteiger partial charge < -0.3 is 9.88 Å². The minimum Gasteiger partial charge on any atom is -0.324 e. The summed E-state index contributed by atoms with van der Waals surface area (Å²) in [5, 5.41) is 4.94. The van der Waals surface area contributed by atoms with Gasteiger partial charge in [-0.15, -0.1) is 11.8 Å². The second-order valence-electron chi connectivity index (χ2n) is 6.77. The average molecular weight is 422 g/mol. The summed E-state index contributed by atoms with van der Waals surface area (Å²) in [5.41, 5.74) is 5.38. The number of nitrogens with one attached hydrogen (secondary N) is 1. The van der Waals surface area contributed by atoms with E-state index in [1.54, 1.807) is 11.8 Å². The summed E-state index contributed by atoms with van der Waals surface area (Å²) in [6, 6.07) is 8.06. The molecule has 0 amide bonds. The Morgan fingerprint density at radius 3 is 2.52 bits per heavy atom. The van der Waals surface area contributed by atoms with E-state index >= 15 is 0 Å². The van der Waals surface area contributed by atoms with Gasteiger partial charge in [0.15, 0.2) is 0 Å². The highest BCUT2D eigenvalue weighted by Crippen LogP contribution is 2.38. The van der Waals surface area contributed by atoms with Crippen molar-refractivity contribution >= 4 is 57.6 Å². The van der Waals surface area contributed by atoms with E-state index in [4.69, 9.17) is 28.2 Å². The molecule has 0 aliphatic rings. The number of rotatable bonds is 6. The first kappa shape index (κ1) is 20.4. The average Bonchev–Trinajstić information content (AvgIpc) is 2.97. The molecule has 0 atom stereocenters. The Bertz CT molecular complexity index is 977. The van der Waals surface area contributed by atoms with E-state index in [9.17, 15) is 0 Å². The quantitative estimate of drug-likeness (QED) is 0.416. The third-order valence-electron chi connectivity index (χ3n) is 5.15. The molecular formula is C21H25Cl2N3S. The van der Waals surface area contributed by atoms with E-state index in [0.717, 1.165) is 51.0 Å². The number of anilines is 2. The molecule has 1 heterocycles. The van der Waals surface area contributed by atoms with Gasteiger partial charge in [-0.1, -0.05) is 43.1 Å². The van der Waals surface area contributed by atoms with E-state index < -0.39 is 0 Å². The fourth-order valence-corrected chi connectivity index (χ4v) is 4.82. The SMILES string of the molecule is CCC(CC)c1ccc(Cl)c2nc(Nc3c(C)cc(Cl)cc3SC)n(C)c12. The molecule has 1 N–H and O–H groups in total. The topological polar surface area (TPSA) is 29.9 Å². The molecular weight excluding hydrogens is 397 g/mol. The zero-order valence-electron chi connectivity index (χ0n) is 16.4. The van der Waals surface area contributed by atoms with Crippen LogP contribution in [0.4, 0.5) is 11.6 Å². The second kappa shape index (κ2) is 8.34. The smallest absolute Gasteiger partial charge is 0.208 e. The highest BCUT2D eigenvalue weighted by atomic mass is 35.5. The Labute approximate surface area is 175 Å². The first-order valence-electron chi connectivity index (χ1n) is 9.17. The first-order valence-corrected chi connectivity index (χ1v) is 11.1. The Morgan fingerprint density at radius 2 is 1.89 bits per heavy atom. The summed E-state index contributed by atoms with van der Waals surface area (Å²) < 4.78 is 2.12. The number of benzene rings is 2. The molecule has 2 aromatic carbocycles. The van der Waals surface area contributed by atoms with Crippen LogP contribution >= 0.6 is 35.0 Å². The van der Waals surface area contributed by atoms with Crippen LogP contribution in [0, 0.1) is 6.92 Å². The molecule has 3 rings (SSSR count). The predicted octanol–water partition coefficient (Wildman–Crippen LogP) is 7.56. The van der Waals surface area contributed by atoms with Crippen LogP contribution < -0.4 is 5.32 Å². The molecule has 3 aromatic rings. The van der Waals surface area contributed by atoms with Crippen LogP contribution in [-0.2, 0) is 7.05 Å². The summed E-state index contributed by atoms with van der Waals surface area (Å²) in [4.78, 5) is 5.93. The number of hydrogen-bond donors (Lipinski definition) is 1.